The summed E-state index contributed by atoms with van der Waals surface area (Å²) in [4.78, 5) is 23.4. The smallest absolute Gasteiger partial charge is 0.339 e. The molecule has 0 spiro atoms. The van der Waals surface area contributed by atoms with Gasteiger partial charge in [0, 0.05) is 18.1 Å². The fraction of sp³-hybridized carbons (Fsp3) is 0.333. The lowest BCUT2D eigenvalue weighted by molar-refractivity contribution is -0.742. The van der Waals surface area contributed by atoms with Crippen LogP contribution in [0, 0.1) is 26.1 Å². The third-order valence-corrected chi connectivity index (χ3v) is 3.09. The van der Waals surface area contributed by atoms with Crippen LogP contribution in [0.4, 0.5) is 11.4 Å². The van der Waals surface area contributed by atoms with Crippen molar-refractivity contribution in [3.8, 4) is 0 Å². The fourth-order valence-electron chi connectivity index (χ4n) is 2.16. The Balaban J connectivity index is 0.000000511. The SMILES string of the molecule is CC(C)CNc1c([N+](=O)[O-])c2nnnn2c2cnccc12.O=[N+]([O-])O. The molecule has 132 valence electrons. The van der Waals surface area contributed by atoms with Gasteiger partial charge in [0.05, 0.1) is 16.6 Å². The molecule has 0 saturated heterocycles. The summed E-state index contributed by atoms with van der Waals surface area (Å²) in [7, 11) is 0. The first kappa shape index (κ1) is 17.7. The molecule has 0 saturated carbocycles. The second-order valence-electron chi connectivity index (χ2n) is 5.30. The van der Waals surface area contributed by atoms with E-state index in [0.717, 1.165) is 0 Å². The molecule has 0 amide bonds. The second-order valence-corrected chi connectivity index (χ2v) is 5.30. The molecular weight excluding hydrogens is 336 g/mol. The van der Waals surface area contributed by atoms with Crippen LogP contribution in [-0.4, -0.2) is 46.8 Å². The van der Waals surface area contributed by atoms with Crippen molar-refractivity contribution < 1.29 is 15.2 Å². The Morgan fingerprint density at radius 3 is 2.64 bits per heavy atom. The number of pyridine rings is 2. The van der Waals surface area contributed by atoms with Crippen LogP contribution in [0.1, 0.15) is 13.8 Å². The molecule has 0 aliphatic carbocycles. The van der Waals surface area contributed by atoms with Crippen LogP contribution in [0.15, 0.2) is 18.5 Å². The molecule has 0 atom stereocenters. The van der Waals surface area contributed by atoms with E-state index in [1.807, 2.05) is 13.8 Å². The summed E-state index contributed by atoms with van der Waals surface area (Å²) in [6.07, 6.45) is 3.17. The highest BCUT2D eigenvalue weighted by molar-refractivity contribution is 6.00. The number of rotatable bonds is 4. The maximum Gasteiger partial charge on any atom is 0.339 e. The standard InChI is InChI=1S/C12H13N7O2.HNO3/c1-7(2)5-14-10-8-3-4-13-6-9(8)18-12(15-16-17-18)11(10)19(20)21;2-1(3)4/h3-4,6-7,14H,5H2,1-2H3;(H,2,3,4). The van der Waals surface area contributed by atoms with Crippen LogP contribution in [0.5, 0.6) is 0 Å². The van der Waals surface area contributed by atoms with E-state index < -0.39 is 10.0 Å². The van der Waals surface area contributed by atoms with Gasteiger partial charge in [-0.25, -0.2) is 0 Å². The molecule has 3 rings (SSSR count). The molecule has 2 N–H and O–H groups in total. The Bertz CT molecular complexity index is 920. The molecular formula is C12H14N8O5. The Kier molecular flexibility index (Phi) is 5.16. The lowest BCUT2D eigenvalue weighted by atomic mass is 10.1. The van der Waals surface area contributed by atoms with Gasteiger partial charge in [0.2, 0.25) is 0 Å². The number of nitrogens with zero attached hydrogens (tertiary/aromatic N) is 7. The Hall–Kier alpha value is -3.64. The number of nitrogens with one attached hydrogen (secondary N) is 1. The zero-order valence-corrected chi connectivity index (χ0v) is 13.2. The predicted octanol–water partition coefficient (Wildman–Crippen LogP) is 1.30. The van der Waals surface area contributed by atoms with Gasteiger partial charge in [-0.05, 0) is 22.4 Å². The van der Waals surface area contributed by atoms with Gasteiger partial charge in [0.15, 0.2) is 0 Å². The average Bonchev–Trinajstić information content (AvgIpc) is 3.00. The Morgan fingerprint density at radius 2 is 2.04 bits per heavy atom. The summed E-state index contributed by atoms with van der Waals surface area (Å²) < 4.78 is 1.33. The first-order valence-corrected chi connectivity index (χ1v) is 7.02. The predicted molar refractivity (Wildman–Crippen MR) is 84.8 cm³/mol. The van der Waals surface area contributed by atoms with Crippen molar-refractivity contribution in [2.75, 3.05) is 11.9 Å². The number of fused-ring (bicyclic) bond motifs is 3. The van der Waals surface area contributed by atoms with E-state index in [1.165, 1.54) is 4.52 Å². The third-order valence-electron chi connectivity index (χ3n) is 3.09. The summed E-state index contributed by atoms with van der Waals surface area (Å²) in [6, 6.07) is 1.71. The number of hydrogen-bond acceptors (Lipinski definition) is 9. The molecule has 3 heterocycles. The van der Waals surface area contributed by atoms with E-state index in [1.54, 1.807) is 18.5 Å². The Labute approximate surface area is 139 Å². The molecule has 0 aliphatic rings. The van der Waals surface area contributed by atoms with E-state index in [-0.39, 0.29) is 11.3 Å². The van der Waals surface area contributed by atoms with E-state index in [9.17, 15) is 10.1 Å². The van der Waals surface area contributed by atoms with Crippen molar-refractivity contribution in [3.05, 3.63) is 38.7 Å². The number of nitro groups is 1. The maximum atomic E-state index is 11.5. The van der Waals surface area contributed by atoms with Gasteiger partial charge in [0.1, 0.15) is 5.69 Å². The molecule has 0 aromatic carbocycles. The van der Waals surface area contributed by atoms with Crippen molar-refractivity contribution in [2.45, 2.75) is 13.8 Å². The van der Waals surface area contributed by atoms with Crippen molar-refractivity contribution in [1.29, 1.82) is 0 Å². The average molecular weight is 350 g/mol. The van der Waals surface area contributed by atoms with Crippen LogP contribution in [0.25, 0.3) is 16.6 Å². The van der Waals surface area contributed by atoms with Crippen molar-refractivity contribution in [3.63, 3.8) is 0 Å². The number of hydrogen-bond donors (Lipinski definition) is 2. The highest BCUT2D eigenvalue weighted by Gasteiger charge is 2.26. The molecule has 0 aliphatic heterocycles. The molecule has 3 aromatic rings. The van der Waals surface area contributed by atoms with E-state index in [2.05, 4.69) is 25.8 Å². The normalized spacial score (nSPS) is 10.5. The van der Waals surface area contributed by atoms with E-state index >= 15 is 0 Å². The van der Waals surface area contributed by atoms with Crippen LogP contribution >= 0.6 is 0 Å². The highest BCUT2D eigenvalue weighted by Crippen LogP contribution is 2.35. The summed E-state index contributed by atoms with van der Waals surface area (Å²) in [6.45, 7) is 4.66. The maximum absolute atomic E-state index is 11.5. The quantitative estimate of drug-likeness (QED) is 0.515. The minimum absolute atomic E-state index is 0.103. The molecule has 0 bridgehead atoms. The molecule has 13 nitrogen and oxygen atoms in total. The van der Waals surface area contributed by atoms with Crippen molar-refractivity contribution in [1.82, 2.24) is 25.0 Å². The van der Waals surface area contributed by atoms with Crippen LogP contribution < -0.4 is 5.32 Å². The largest absolute Gasteiger partial charge is 0.379 e. The zero-order valence-electron chi connectivity index (χ0n) is 13.2. The molecule has 0 radical (unpaired) electrons. The molecule has 13 heteroatoms. The van der Waals surface area contributed by atoms with E-state index in [0.29, 0.717) is 29.1 Å². The fourth-order valence-corrected chi connectivity index (χ4v) is 2.16. The summed E-state index contributed by atoms with van der Waals surface area (Å²) >= 11 is 0. The van der Waals surface area contributed by atoms with E-state index in [4.69, 9.17) is 15.3 Å². The van der Waals surface area contributed by atoms with Gasteiger partial charge in [-0.2, -0.15) is 4.52 Å². The first-order chi connectivity index (χ1) is 11.8. The van der Waals surface area contributed by atoms with Crippen molar-refractivity contribution >= 4 is 27.9 Å². The molecule has 25 heavy (non-hydrogen) atoms. The van der Waals surface area contributed by atoms with Gasteiger partial charge in [0.25, 0.3) is 10.7 Å². The van der Waals surface area contributed by atoms with Crippen LogP contribution in [-0.2, 0) is 0 Å². The van der Waals surface area contributed by atoms with Gasteiger partial charge < -0.3 is 10.5 Å². The van der Waals surface area contributed by atoms with Gasteiger partial charge in [-0.1, -0.05) is 13.8 Å². The summed E-state index contributed by atoms with van der Waals surface area (Å²) in [5, 5.41) is 40.0. The summed E-state index contributed by atoms with van der Waals surface area (Å²) in [5.41, 5.74) is 1.02. The zero-order chi connectivity index (χ0) is 18.6. The van der Waals surface area contributed by atoms with Crippen molar-refractivity contribution in [2.24, 2.45) is 5.92 Å². The lowest BCUT2D eigenvalue weighted by Gasteiger charge is -2.12. The van der Waals surface area contributed by atoms with Gasteiger partial charge in [-0.3, -0.25) is 15.1 Å². The number of aromatic nitrogens is 5. The van der Waals surface area contributed by atoms with Gasteiger partial charge in [-0.15, -0.1) is 15.2 Å². The minimum Gasteiger partial charge on any atom is -0.379 e. The summed E-state index contributed by atoms with van der Waals surface area (Å²) in [5.74, 6) is 0.341. The molecule has 3 aromatic heterocycles. The second kappa shape index (κ2) is 7.29. The van der Waals surface area contributed by atoms with Crippen LogP contribution in [0.3, 0.4) is 0 Å². The molecule has 0 fully saturated rings. The third kappa shape index (κ3) is 3.82. The number of tetrazole rings is 1. The molecule has 0 unspecified atom stereocenters. The topological polar surface area (TPSA) is 175 Å². The first-order valence-electron chi connectivity index (χ1n) is 7.02. The van der Waals surface area contributed by atoms with Gasteiger partial charge >= 0.3 is 5.69 Å². The monoisotopic (exact) mass is 350 g/mol. The minimum atomic E-state index is -1.50. The lowest BCUT2D eigenvalue weighted by Crippen LogP contribution is -2.11. The van der Waals surface area contributed by atoms with Crippen LogP contribution in [0.2, 0.25) is 0 Å². The Morgan fingerprint density at radius 1 is 1.36 bits per heavy atom. The highest BCUT2D eigenvalue weighted by atomic mass is 16.9. The number of anilines is 1.